The summed E-state index contributed by atoms with van der Waals surface area (Å²) >= 11 is 0. The molecule has 0 spiro atoms. The number of nitrogens with one attached hydrogen (secondary N) is 1. The van der Waals surface area contributed by atoms with Crippen LogP contribution in [0.4, 0.5) is 0 Å². The van der Waals surface area contributed by atoms with Crippen molar-refractivity contribution in [3.63, 3.8) is 0 Å². The number of tetrazole rings is 1. The van der Waals surface area contributed by atoms with Crippen LogP contribution in [0.2, 0.25) is 0 Å². The van der Waals surface area contributed by atoms with Crippen LogP contribution in [0.15, 0.2) is 23.0 Å². The fraction of sp³-hybridized carbons (Fsp3) is 0.560. The number of pyridine rings is 1. The molecule has 0 amide bonds. The molecular formula is C25H32N6O5. The van der Waals surface area contributed by atoms with Crippen LogP contribution < -0.4 is 15.0 Å². The van der Waals surface area contributed by atoms with Gasteiger partial charge >= 0.3 is 5.97 Å². The van der Waals surface area contributed by atoms with E-state index in [1.54, 1.807) is 13.0 Å². The molecule has 1 N–H and O–H groups in total. The molecule has 192 valence electrons. The van der Waals surface area contributed by atoms with Gasteiger partial charge in [-0.3, -0.25) is 14.5 Å². The van der Waals surface area contributed by atoms with E-state index in [1.165, 1.54) is 4.68 Å². The molecule has 1 unspecified atom stereocenters. The van der Waals surface area contributed by atoms with E-state index < -0.39 is 0 Å². The Morgan fingerprint density at radius 3 is 2.69 bits per heavy atom. The first-order valence-corrected chi connectivity index (χ1v) is 12.6. The predicted molar refractivity (Wildman–Crippen MR) is 131 cm³/mol. The molecule has 36 heavy (non-hydrogen) atoms. The number of rotatable bonds is 9. The van der Waals surface area contributed by atoms with Crippen molar-refractivity contribution in [1.82, 2.24) is 30.1 Å². The van der Waals surface area contributed by atoms with Crippen LogP contribution in [0.3, 0.4) is 0 Å². The van der Waals surface area contributed by atoms with Crippen LogP contribution in [0, 0.1) is 5.92 Å². The van der Waals surface area contributed by atoms with Gasteiger partial charge in [-0.25, -0.2) is 4.68 Å². The molecular weight excluding hydrogens is 464 g/mol. The summed E-state index contributed by atoms with van der Waals surface area (Å²) in [7, 11) is 0. The normalized spacial score (nSPS) is 16.4. The fourth-order valence-corrected chi connectivity index (χ4v) is 5.34. The molecule has 5 rings (SSSR count). The highest BCUT2D eigenvalue weighted by molar-refractivity contribution is 5.83. The standard InChI is InChI=1S/C25H32N6O5/c1-4-34-22(32)13-31-24(27-28-29-31)23(15(2)3)30(18-7-5-6-8-18)12-17-9-16-10-20-21(36-14-35-20)11-19(16)26-25(17)33/h9-11,15,18,23H,4-8,12-14H2,1-3H3,(H,26,33). The third-order valence-electron chi connectivity index (χ3n) is 6.96. The minimum Gasteiger partial charge on any atom is -0.465 e. The summed E-state index contributed by atoms with van der Waals surface area (Å²) in [6.07, 6.45) is 4.34. The molecule has 1 aliphatic heterocycles. The number of aromatic amines is 1. The van der Waals surface area contributed by atoms with Crippen molar-refractivity contribution in [2.75, 3.05) is 13.4 Å². The van der Waals surface area contributed by atoms with Gasteiger partial charge < -0.3 is 19.2 Å². The average Bonchev–Trinajstić information content (AvgIpc) is 3.60. The maximum atomic E-state index is 13.2. The third kappa shape index (κ3) is 4.79. The van der Waals surface area contributed by atoms with E-state index in [0.717, 1.165) is 31.1 Å². The summed E-state index contributed by atoms with van der Waals surface area (Å²) in [6.45, 7) is 6.84. The number of nitrogens with zero attached hydrogens (tertiary/aromatic N) is 5. The fourth-order valence-electron chi connectivity index (χ4n) is 5.34. The Hall–Kier alpha value is -3.47. The number of esters is 1. The zero-order chi connectivity index (χ0) is 25.2. The average molecular weight is 497 g/mol. The molecule has 2 aliphatic rings. The van der Waals surface area contributed by atoms with Crippen LogP contribution in [-0.4, -0.2) is 55.5 Å². The second-order valence-electron chi connectivity index (χ2n) is 9.72. The molecule has 11 heteroatoms. The van der Waals surface area contributed by atoms with Gasteiger partial charge in [0.1, 0.15) is 6.54 Å². The highest BCUT2D eigenvalue weighted by atomic mass is 16.7. The first-order valence-electron chi connectivity index (χ1n) is 12.6. The quantitative estimate of drug-likeness (QED) is 0.445. The van der Waals surface area contributed by atoms with Gasteiger partial charge in [0.25, 0.3) is 5.56 Å². The second kappa shape index (κ2) is 10.3. The van der Waals surface area contributed by atoms with Gasteiger partial charge in [-0.1, -0.05) is 26.7 Å². The zero-order valence-electron chi connectivity index (χ0n) is 20.9. The number of hydrogen-bond donors (Lipinski definition) is 1. The molecule has 0 saturated heterocycles. The van der Waals surface area contributed by atoms with E-state index in [4.69, 9.17) is 14.2 Å². The van der Waals surface area contributed by atoms with Gasteiger partial charge in [0.15, 0.2) is 17.3 Å². The summed E-state index contributed by atoms with van der Waals surface area (Å²) in [6, 6.07) is 5.72. The number of carbonyl (C=O) groups excluding carboxylic acids is 1. The molecule has 3 heterocycles. The van der Waals surface area contributed by atoms with Crippen LogP contribution in [0.1, 0.15) is 63.9 Å². The van der Waals surface area contributed by atoms with E-state index in [0.29, 0.717) is 41.6 Å². The molecule has 0 bridgehead atoms. The molecule has 1 atom stereocenters. The Kier molecular flexibility index (Phi) is 6.90. The lowest BCUT2D eigenvalue weighted by Crippen LogP contribution is -2.41. The minimum absolute atomic E-state index is 0.0539. The van der Waals surface area contributed by atoms with E-state index in [2.05, 4.69) is 39.3 Å². The number of benzene rings is 1. The maximum Gasteiger partial charge on any atom is 0.327 e. The lowest BCUT2D eigenvalue weighted by Gasteiger charge is -2.37. The van der Waals surface area contributed by atoms with Crippen molar-refractivity contribution >= 4 is 16.9 Å². The van der Waals surface area contributed by atoms with Crippen molar-refractivity contribution in [1.29, 1.82) is 0 Å². The van der Waals surface area contributed by atoms with Crippen molar-refractivity contribution in [3.8, 4) is 11.5 Å². The second-order valence-corrected chi connectivity index (χ2v) is 9.72. The lowest BCUT2D eigenvalue weighted by molar-refractivity contribution is -0.144. The minimum atomic E-state index is -0.384. The first kappa shape index (κ1) is 24.2. The van der Waals surface area contributed by atoms with E-state index >= 15 is 0 Å². The highest BCUT2D eigenvalue weighted by Crippen LogP contribution is 2.37. The Labute approximate surface area is 208 Å². The van der Waals surface area contributed by atoms with Crippen molar-refractivity contribution in [3.05, 3.63) is 39.9 Å². The summed E-state index contributed by atoms with van der Waals surface area (Å²) in [5.74, 6) is 1.65. The number of H-pyrrole nitrogens is 1. The monoisotopic (exact) mass is 496 g/mol. The lowest BCUT2D eigenvalue weighted by atomic mass is 9.97. The summed E-state index contributed by atoms with van der Waals surface area (Å²) in [5.41, 5.74) is 1.22. The van der Waals surface area contributed by atoms with Gasteiger partial charge in [0, 0.05) is 29.6 Å². The van der Waals surface area contributed by atoms with Gasteiger partial charge in [0.05, 0.1) is 18.2 Å². The van der Waals surface area contributed by atoms with E-state index in [9.17, 15) is 9.59 Å². The number of carbonyl (C=O) groups is 1. The third-order valence-corrected chi connectivity index (χ3v) is 6.96. The smallest absolute Gasteiger partial charge is 0.327 e. The highest BCUT2D eigenvalue weighted by Gasteiger charge is 2.36. The molecule has 11 nitrogen and oxygen atoms in total. The van der Waals surface area contributed by atoms with Crippen molar-refractivity contribution < 1.29 is 19.0 Å². The first-order chi connectivity index (χ1) is 17.4. The van der Waals surface area contributed by atoms with Crippen LogP contribution in [0.25, 0.3) is 10.9 Å². The Bertz CT molecular complexity index is 1300. The number of ether oxygens (including phenoxy) is 3. The van der Waals surface area contributed by atoms with Crippen molar-refractivity contribution in [2.24, 2.45) is 5.92 Å². The summed E-state index contributed by atoms with van der Waals surface area (Å²) in [5, 5.41) is 13.2. The largest absolute Gasteiger partial charge is 0.465 e. The SMILES string of the molecule is CCOC(=O)Cn1nnnc1C(C(C)C)N(Cc1cc2cc3c(cc2[nH]c1=O)OCO3)C1CCCC1. The Morgan fingerprint density at radius 2 is 1.97 bits per heavy atom. The molecule has 1 aromatic carbocycles. The van der Waals surface area contributed by atoms with Gasteiger partial charge in [0.2, 0.25) is 6.79 Å². The molecule has 1 fully saturated rings. The maximum absolute atomic E-state index is 13.2. The summed E-state index contributed by atoms with van der Waals surface area (Å²) in [4.78, 5) is 30.7. The van der Waals surface area contributed by atoms with E-state index in [-0.39, 0.29) is 42.9 Å². The molecule has 0 radical (unpaired) electrons. The summed E-state index contributed by atoms with van der Waals surface area (Å²) < 4.78 is 17.6. The topological polar surface area (TPSA) is 124 Å². The van der Waals surface area contributed by atoms with Crippen LogP contribution >= 0.6 is 0 Å². The Morgan fingerprint density at radius 1 is 1.22 bits per heavy atom. The van der Waals surface area contributed by atoms with E-state index in [1.807, 2.05) is 12.1 Å². The number of fused-ring (bicyclic) bond motifs is 2. The molecule has 2 aromatic heterocycles. The van der Waals surface area contributed by atoms with Crippen LogP contribution in [0.5, 0.6) is 11.5 Å². The molecule has 1 saturated carbocycles. The molecule has 3 aromatic rings. The predicted octanol–water partition coefficient (Wildman–Crippen LogP) is 2.95. The zero-order valence-corrected chi connectivity index (χ0v) is 20.9. The number of aromatic nitrogens is 5. The molecule has 1 aliphatic carbocycles. The Balaban J connectivity index is 1.51. The van der Waals surface area contributed by atoms with Gasteiger partial charge in [-0.15, -0.1) is 5.10 Å². The van der Waals surface area contributed by atoms with Crippen LogP contribution in [-0.2, 0) is 22.6 Å². The van der Waals surface area contributed by atoms with Crippen molar-refractivity contribution in [2.45, 2.75) is 71.6 Å². The van der Waals surface area contributed by atoms with Gasteiger partial charge in [-0.05, 0) is 48.2 Å². The number of hydrogen-bond acceptors (Lipinski definition) is 9. The van der Waals surface area contributed by atoms with Gasteiger partial charge in [-0.2, -0.15) is 0 Å².